The van der Waals surface area contributed by atoms with Crippen molar-refractivity contribution in [3.63, 3.8) is 0 Å². The Morgan fingerprint density at radius 3 is 2.42 bits per heavy atom. The van der Waals surface area contributed by atoms with Crippen LogP contribution in [0.1, 0.15) is 15.9 Å². The Balaban J connectivity index is 2.24. The molecular formula is C15H12F3N3O3. The predicted molar refractivity (Wildman–Crippen MR) is 77.9 cm³/mol. The Kier molecular flexibility index (Phi) is 5.12. The number of benzene rings is 1. The highest BCUT2D eigenvalue weighted by Crippen LogP contribution is 2.26. The molecule has 0 fully saturated rings. The molecule has 0 spiro atoms. The van der Waals surface area contributed by atoms with Crippen LogP contribution in [-0.4, -0.2) is 34.3 Å². The Hall–Kier alpha value is -2.97. The van der Waals surface area contributed by atoms with Gasteiger partial charge in [-0.3, -0.25) is 19.9 Å². The van der Waals surface area contributed by atoms with Crippen molar-refractivity contribution in [1.29, 1.82) is 0 Å². The van der Waals surface area contributed by atoms with E-state index in [0.29, 0.717) is 12.5 Å². The van der Waals surface area contributed by atoms with Crippen molar-refractivity contribution in [1.82, 2.24) is 9.88 Å². The maximum Gasteiger partial charge on any atom is 0.308 e. The van der Waals surface area contributed by atoms with Crippen LogP contribution in [0.15, 0.2) is 30.6 Å². The molecule has 9 heteroatoms. The number of rotatable bonds is 5. The van der Waals surface area contributed by atoms with Gasteiger partial charge in [0.1, 0.15) is 0 Å². The lowest BCUT2D eigenvalue weighted by molar-refractivity contribution is -0.387. The second-order valence-corrected chi connectivity index (χ2v) is 4.97. The van der Waals surface area contributed by atoms with Crippen molar-refractivity contribution in [2.45, 2.75) is 6.42 Å². The summed E-state index contributed by atoms with van der Waals surface area (Å²) in [4.78, 5) is 26.6. The zero-order valence-corrected chi connectivity index (χ0v) is 12.5. The number of pyridine rings is 1. The Bertz CT molecular complexity index is 785. The van der Waals surface area contributed by atoms with Gasteiger partial charge in [0.25, 0.3) is 5.91 Å². The number of nitro benzene ring substituents is 1. The van der Waals surface area contributed by atoms with Crippen molar-refractivity contribution >= 4 is 11.6 Å². The van der Waals surface area contributed by atoms with Crippen molar-refractivity contribution in [3.8, 4) is 0 Å². The van der Waals surface area contributed by atoms with Gasteiger partial charge >= 0.3 is 5.69 Å². The third-order valence-corrected chi connectivity index (χ3v) is 3.39. The Morgan fingerprint density at radius 2 is 1.83 bits per heavy atom. The number of hydrogen-bond donors (Lipinski definition) is 0. The van der Waals surface area contributed by atoms with Crippen molar-refractivity contribution in [2.24, 2.45) is 0 Å². The Labute approximate surface area is 134 Å². The zero-order valence-electron chi connectivity index (χ0n) is 12.5. The van der Waals surface area contributed by atoms with Crippen LogP contribution in [0.2, 0.25) is 0 Å². The van der Waals surface area contributed by atoms with Gasteiger partial charge in [0, 0.05) is 32.1 Å². The number of nitro groups is 1. The van der Waals surface area contributed by atoms with Crippen LogP contribution in [0.4, 0.5) is 18.9 Å². The third kappa shape index (κ3) is 3.50. The second kappa shape index (κ2) is 7.07. The highest BCUT2D eigenvalue weighted by atomic mass is 19.2. The molecule has 0 unspecified atom stereocenters. The SMILES string of the molecule is CN(CCc1ccncc1)C(=O)c1cc([N+](=O)[O-])c(F)c(F)c1F. The first kappa shape index (κ1) is 17.4. The van der Waals surface area contributed by atoms with E-state index in [1.807, 2.05) is 0 Å². The smallest absolute Gasteiger partial charge is 0.308 e. The van der Waals surface area contributed by atoms with Crippen LogP contribution in [0.25, 0.3) is 0 Å². The number of nitrogens with zero attached hydrogens (tertiary/aromatic N) is 3. The third-order valence-electron chi connectivity index (χ3n) is 3.39. The molecule has 126 valence electrons. The first-order valence-electron chi connectivity index (χ1n) is 6.79. The molecular weight excluding hydrogens is 327 g/mol. The first-order valence-corrected chi connectivity index (χ1v) is 6.79. The van der Waals surface area contributed by atoms with Crippen LogP contribution in [0.3, 0.4) is 0 Å². The maximum atomic E-state index is 13.8. The highest BCUT2D eigenvalue weighted by Gasteiger charge is 2.29. The monoisotopic (exact) mass is 339 g/mol. The molecule has 6 nitrogen and oxygen atoms in total. The summed E-state index contributed by atoms with van der Waals surface area (Å²) in [5, 5.41) is 10.7. The number of carbonyl (C=O) groups is 1. The highest BCUT2D eigenvalue weighted by molar-refractivity contribution is 5.95. The van der Waals surface area contributed by atoms with Crippen LogP contribution < -0.4 is 0 Å². The van der Waals surface area contributed by atoms with E-state index in [1.54, 1.807) is 24.5 Å². The number of likely N-dealkylation sites (N-methyl/N-ethyl adjacent to an activating group) is 1. The first-order chi connectivity index (χ1) is 11.3. The minimum absolute atomic E-state index is 0.148. The molecule has 1 aromatic carbocycles. The summed E-state index contributed by atoms with van der Waals surface area (Å²) in [5.74, 6) is -6.72. The zero-order chi connectivity index (χ0) is 17.9. The summed E-state index contributed by atoms with van der Waals surface area (Å²) in [6.45, 7) is 0.148. The molecule has 24 heavy (non-hydrogen) atoms. The van der Waals surface area contributed by atoms with Crippen LogP contribution in [-0.2, 0) is 6.42 Å². The van der Waals surface area contributed by atoms with Gasteiger partial charge in [0.15, 0.2) is 5.82 Å². The van der Waals surface area contributed by atoms with Gasteiger partial charge in [-0.15, -0.1) is 0 Å². The molecule has 0 saturated heterocycles. The summed E-state index contributed by atoms with van der Waals surface area (Å²) in [6, 6.07) is 3.85. The van der Waals surface area contributed by atoms with E-state index in [0.717, 1.165) is 10.5 Å². The minimum atomic E-state index is -2.05. The molecule has 1 heterocycles. The number of amides is 1. The number of carbonyl (C=O) groups excluding carboxylic acids is 1. The molecule has 0 aliphatic carbocycles. The fourth-order valence-electron chi connectivity index (χ4n) is 2.03. The fraction of sp³-hybridized carbons (Fsp3) is 0.200. The fourth-order valence-corrected chi connectivity index (χ4v) is 2.03. The number of aromatic nitrogens is 1. The van der Waals surface area contributed by atoms with E-state index in [4.69, 9.17) is 0 Å². The lowest BCUT2D eigenvalue weighted by atomic mass is 10.1. The van der Waals surface area contributed by atoms with Crippen LogP contribution in [0.5, 0.6) is 0 Å². The molecule has 0 atom stereocenters. The molecule has 0 aliphatic heterocycles. The van der Waals surface area contributed by atoms with Gasteiger partial charge in [-0.1, -0.05) is 0 Å². The summed E-state index contributed by atoms with van der Waals surface area (Å²) < 4.78 is 40.6. The lowest BCUT2D eigenvalue weighted by Gasteiger charge is -2.17. The minimum Gasteiger partial charge on any atom is -0.341 e. The van der Waals surface area contributed by atoms with E-state index in [1.165, 1.54) is 7.05 Å². The van der Waals surface area contributed by atoms with Crippen molar-refractivity contribution in [2.75, 3.05) is 13.6 Å². The van der Waals surface area contributed by atoms with Gasteiger partial charge in [0.2, 0.25) is 11.6 Å². The van der Waals surface area contributed by atoms with Gasteiger partial charge < -0.3 is 4.90 Å². The Morgan fingerprint density at radius 1 is 1.21 bits per heavy atom. The molecule has 1 aromatic heterocycles. The number of hydrogen-bond acceptors (Lipinski definition) is 4. The topological polar surface area (TPSA) is 76.3 Å². The summed E-state index contributed by atoms with van der Waals surface area (Å²) >= 11 is 0. The number of halogens is 3. The summed E-state index contributed by atoms with van der Waals surface area (Å²) in [5.41, 5.74) is -1.32. The second-order valence-electron chi connectivity index (χ2n) is 4.97. The largest absolute Gasteiger partial charge is 0.341 e. The van der Waals surface area contributed by atoms with Crippen molar-refractivity contribution < 1.29 is 22.9 Å². The van der Waals surface area contributed by atoms with Crippen LogP contribution >= 0.6 is 0 Å². The van der Waals surface area contributed by atoms with Crippen molar-refractivity contribution in [3.05, 3.63) is 69.3 Å². The maximum absolute atomic E-state index is 13.8. The predicted octanol–water partition coefficient (Wildman–Crippen LogP) is 2.72. The quantitative estimate of drug-likeness (QED) is 0.477. The molecule has 1 amide bonds. The molecule has 0 radical (unpaired) electrons. The normalized spacial score (nSPS) is 10.5. The van der Waals surface area contributed by atoms with Gasteiger partial charge in [-0.2, -0.15) is 4.39 Å². The van der Waals surface area contributed by atoms with E-state index in [2.05, 4.69) is 4.98 Å². The summed E-state index contributed by atoms with van der Waals surface area (Å²) in [7, 11) is 1.33. The molecule has 2 rings (SSSR count). The molecule has 0 bridgehead atoms. The van der Waals surface area contributed by atoms with E-state index in [9.17, 15) is 28.1 Å². The van der Waals surface area contributed by atoms with Gasteiger partial charge in [-0.25, -0.2) is 8.78 Å². The van der Waals surface area contributed by atoms with E-state index >= 15 is 0 Å². The molecule has 0 saturated carbocycles. The average Bonchev–Trinajstić information content (AvgIpc) is 2.58. The standard InChI is InChI=1S/C15H12F3N3O3/c1-20(7-4-9-2-5-19-6-3-9)15(22)10-8-11(21(23)24)13(17)14(18)12(10)16/h2-3,5-6,8H,4,7H2,1H3. The molecule has 2 aromatic rings. The summed E-state index contributed by atoms with van der Waals surface area (Å²) in [6.07, 6.45) is 3.54. The van der Waals surface area contributed by atoms with E-state index < -0.39 is 39.5 Å². The van der Waals surface area contributed by atoms with Gasteiger partial charge in [0.05, 0.1) is 10.5 Å². The molecule has 0 aliphatic rings. The lowest BCUT2D eigenvalue weighted by Crippen LogP contribution is -2.30. The van der Waals surface area contributed by atoms with Crippen LogP contribution in [0, 0.1) is 27.6 Å². The van der Waals surface area contributed by atoms with Gasteiger partial charge in [-0.05, 0) is 24.1 Å². The average molecular weight is 339 g/mol. The van der Waals surface area contributed by atoms with E-state index in [-0.39, 0.29) is 6.54 Å². The molecule has 0 N–H and O–H groups in total.